The molecule has 0 radical (unpaired) electrons. The SMILES string of the molecule is CC(Nc1cc2ccccc2c(=O)[nH]1)C(=O)N(C)C. The van der Waals surface area contributed by atoms with Crippen molar-refractivity contribution >= 4 is 22.5 Å². The van der Waals surface area contributed by atoms with E-state index >= 15 is 0 Å². The Labute approximate surface area is 111 Å². The van der Waals surface area contributed by atoms with Crippen LogP contribution in [-0.4, -0.2) is 35.9 Å². The van der Waals surface area contributed by atoms with Crippen molar-refractivity contribution < 1.29 is 4.79 Å². The van der Waals surface area contributed by atoms with Gasteiger partial charge in [-0.2, -0.15) is 0 Å². The van der Waals surface area contributed by atoms with Gasteiger partial charge in [-0.1, -0.05) is 18.2 Å². The second kappa shape index (κ2) is 5.14. The number of benzene rings is 1. The van der Waals surface area contributed by atoms with Crippen molar-refractivity contribution in [2.45, 2.75) is 13.0 Å². The zero-order valence-corrected chi connectivity index (χ0v) is 11.2. The van der Waals surface area contributed by atoms with E-state index in [2.05, 4.69) is 10.3 Å². The lowest BCUT2D eigenvalue weighted by Crippen LogP contribution is -2.37. The summed E-state index contributed by atoms with van der Waals surface area (Å²) in [4.78, 5) is 27.9. The first kappa shape index (κ1) is 13.1. The Balaban J connectivity index is 2.32. The van der Waals surface area contributed by atoms with E-state index in [9.17, 15) is 9.59 Å². The molecule has 0 aliphatic carbocycles. The molecule has 1 atom stereocenters. The van der Waals surface area contributed by atoms with E-state index in [4.69, 9.17) is 0 Å². The second-order valence-electron chi connectivity index (χ2n) is 4.70. The lowest BCUT2D eigenvalue weighted by molar-refractivity contribution is -0.129. The smallest absolute Gasteiger partial charge is 0.257 e. The zero-order chi connectivity index (χ0) is 14.0. The third-order valence-electron chi connectivity index (χ3n) is 2.94. The monoisotopic (exact) mass is 259 g/mol. The molecule has 1 amide bonds. The first-order valence-electron chi connectivity index (χ1n) is 6.09. The van der Waals surface area contributed by atoms with Gasteiger partial charge in [0.15, 0.2) is 0 Å². The summed E-state index contributed by atoms with van der Waals surface area (Å²) in [6.07, 6.45) is 0. The van der Waals surface area contributed by atoms with Crippen molar-refractivity contribution in [2.75, 3.05) is 19.4 Å². The second-order valence-corrected chi connectivity index (χ2v) is 4.70. The molecule has 1 unspecified atom stereocenters. The van der Waals surface area contributed by atoms with Gasteiger partial charge in [0.05, 0.1) is 0 Å². The maximum absolute atomic E-state index is 11.9. The molecule has 2 rings (SSSR count). The number of hydrogen-bond acceptors (Lipinski definition) is 3. The summed E-state index contributed by atoms with van der Waals surface area (Å²) in [6, 6.07) is 8.77. The minimum atomic E-state index is -0.396. The maximum atomic E-state index is 11.9. The number of pyridine rings is 1. The van der Waals surface area contributed by atoms with Gasteiger partial charge in [0.2, 0.25) is 5.91 Å². The number of aromatic amines is 1. The Bertz CT molecular complexity index is 661. The number of carbonyl (C=O) groups excluding carboxylic acids is 1. The number of rotatable bonds is 3. The van der Waals surface area contributed by atoms with Crippen molar-refractivity contribution in [1.29, 1.82) is 0 Å². The molecule has 5 heteroatoms. The molecule has 0 saturated heterocycles. The normalized spacial score (nSPS) is 12.2. The molecule has 2 N–H and O–H groups in total. The molecule has 100 valence electrons. The lowest BCUT2D eigenvalue weighted by Gasteiger charge is -2.18. The molecule has 1 aromatic heterocycles. The highest BCUT2D eigenvalue weighted by atomic mass is 16.2. The lowest BCUT2D eigenvalue weighted by atomic mass is 10.1. The highest BCUT2D eigenvalue weighted by Crippen LogP contribution is 2.13. The minimum absolute atomic E-state index is 0.0472. The summed E-state index contributed by atoms with van der Waals surface area (Å²) in [5, 5.41) is 4.49. The van der Waals surface area contributed by atoms with Crippen LogP contribution in [0.15, 0.2) is 35.1 Å². The Kier molecular flexibility index (Phi) is 3.55. The van der Waals surface area contributed by atoms with Crippen LogP contribution in [0, 0.1) is 0 Å². The maximum Gasteiger partial charge on any atom is 0.257 e. The molecule has 1 aromatic carbocycles. The number of aromatic nitrogens is 1. The van der Waals surface area contributed by atoms with Crippen molar-refractivity contribution in [3.05, 3.63) is 40.7 Å². The molecular formula is C14H17N3O2. The number of carbonyl (C=O) groups is 1. The van der Waals surface area contributed by atoms with E-state index in [0.29, 0.717) is 11.2 Å². The van der Waals surface area contributed by atoms with Gasteiger partial charge in [-0.05, 0) is 24.4 Å². The molecule has 0 aliphatic heterocycles. The topological polar surface area (TPSA) is 65.2 Å². The predicted octanol–water partition coefficient (Wildman–Crippen LogP) is 1.42. The standard InChI is InChI=1S/C14H17N3O2/c1-9(14(19)17(2)3)15-12-8-10-6-4-5-7-11(10)13(18)16-12/h4-9H,1-3H3,(H2,15,16,18). The number of H-pyrrole nitrogens is 1. The quantitative estimate of drug-likeness (QED) is 0.876. The van der Waals surface area contributed by atoms with Crippen LogP contribution in [-0.2, 0) is 4.79 Å². The summed E-state index contributed by atoms with van der Waals surface area (Å²) in [5.41, 5.74) is -0.162. The first-order chi connectivity index (χ1) is 8.99. The summed E-state index contributed by atoms with van der Waals surface area (Å²) in [7, 11) is 3.40. The van der Waals surface area contributed by atoms with Crippen LogP contribution >= 0.6 is 0 Å². The molecular weight excluding hydrogens is 242 g/mol. The largest absolute Gasteiger partial charge is 0.360 e. The van der Waals surface area contributed by atoms with Crippen LogP contribution in [0.3, 0.4) is 0 Å². The van der Waals surface area contributed by atoms with Crippen molar-refractivity contribution in [3.63, 3.8) is 0 Å². The van der Waals surface area contributed by atoms with Gasteiger partial charge in [0.25, 0.3) is 5.56 Å². The fourth-order valence-corrected chi connectivity index (χ4v) is 1.97. The van der Waals surface area contributed by atoms with Crippen molar-refractivity contribution in [3.8, 4) is 0 Å². The fraction of sp³-hybridized carbons (Fsp3) is 0.286. The number of likely N-dealkylation sites (N-methyl/N-ethyl adjacent to an activating group) is 1. The van der Waals surface area contributed by atoms with Crippen molar-refractivity contribution in [1.82, 2.24) is 9.88 Å². The third kappa shape index (κ3) is 2.76. The van der Waals surface area contributed by atoms with E-state index in [1.807, 2.05) is 24.3 Å². The van der Waals surface area contributed by atoms with Gasteiger partial charge in [0, 0.05) is 19.5 Å². The molecule has 2 aromatic rings. The molecule has 0 saturated carbocycles. The highest BCUT2D eigenvalue weighted by Gasteiger charge is 2.14. The van der Waals surface area contributed by atoms with E-state index in [1.165, 1.54) is 4.90 Å². The number of nitrogens with one attached hydrogen (secondary N) is 2. The summed E-state index contributed by atoms with van der Waals surface area (Å²) < 4.78 is 0. The van der Waals surface area contributed by atoms with E-state index in [-0.39, 0.29) is 11.5 Å². The summed E-state index contributed by atoms with van der Waals surface area (Å²) in [5.74, 6) is 0.500. The van der Waals surface area contributed by atoms with Crippen LogP contribution in [0.5, 0.6) is 0 Å². The number of fused-ring (bicyclic) bond motifs is 1. The molecule has 1 heterocycles. The average Bonchev–Trinajstić information content (AvgIpc) is 2.37. The van der Waals surface area contributed by atoms with Gasteiger partial charge < -0.3 is 15.2 Å². The highest BCUT2D eigenvalue weighted by molar-refractivity contribution is 5.86. The summed E-state index contributed by atoms with van der Waals surface area (Å²) >= 11 is 0. The molecule has 0 bridgehead atoms. The van der Waals surface area contributed by atoms with Crippen LogP contribution in [0.25, 0.3) is 10.8 Å². The van der Waals surface area contributed by atoms with Gasteiger partial charge in [-0.25, -0.2) is 0 Å². The number of hydrogen-bond donors (Lipinski definition) is 2. The van der Waals surface area contributed by atoms with E-state index in [1.54, 1.807) is 27.1 Å². The van der Waals surface area contributed by atoms with E-state index in [0.717, 1.165) is 5.39 Å². The minimum Gasteiger partial charge on any atom is -0.360 e. The summed E-state index contributed by atoms with van der Waals surface area (Å²) in [6.45, 7) is 1.76. The van der Waals surface area contributed by atoms with Crippen LogP contribution < -0.4 is 10.9 Å². The van der Waals surface area contributed by atoms with Crippen LogP contribution in [0.1, 0.15) is 6.92 Å². The Morgan fingerprint density at radius 1 is 1.32 bits per heavy atom. The molecule has 0 aliphatic rings. The number of amides is 1. The fourth-order valence-electron chi connectivity index (χ4n) is 1.97. The van der Waals surface area contributed by atoms with E-state index < -0.39 is 6.04 Å². The Hall–Kier alpha value is -2.30. The molecule has 5 nitrogen and oxygen atoms in total. The Morgan fingerprint density at radius 2 is 2.00 bits per heavy atom. The molecule has 19 heavy (non-hydrogen) atoms. The first-order valence-corrected chi connectivity index (χ1v) is 6.09. The van der Waals surface area contributed by atoms with Crippen LogP contribution in [0.4, 0.5) is 5.82 Å². The van der Waals surface area contributed by atoms with Gasteiger partial charge in [0.1, 0.15) is 11.9 Å². The third-order valence-corrected chi connectivity index (χ3v) is 2.94. The van der Waals surface area contributed by atoms with Crippen molar-refractivity contribution in [2.24, 2.45) is 0 Å². The Morgan fingerprint density at radius 3 is 2.68 bits per heavy atom. The zero-order valence-electron chi connectivity index (χ0n) is 11.2. The van der Waals surface area contributed by atoms with Crippen LogP contribution in [0.2, 0.25) is 0 Å². The van der Waals surface area contributed by atoms with Gasteiger partial charge >= 0.3 is 0 Å². The molecule has 0 spiro atoms. The number of nitrogens with zero attached hydrogens (tertiary/aromatic N) is 1. The molecule has 0 fully saturated rings. The number of anilines is 1. The predicted molar refractivity (Wildman–Crippen MR) is 76.3 cm³/mol. The van der Waals surface area contributed by atoms with Gasteiger partial charge in [-0.15, -0.1) is 0 Å². The van der Waals surface area contributed by atoms with Gasteiger partial charge in [-0.3, -0.25) is 9.59 Å². The average molecular weight is 259 g/mol.